The minimum absolute atomic E-state index is 0.00319. The highest BCUT2D eigenvalue weighted by molar-refractivity contribution is 6.29. The first-order valence-corrected chi connectivity index (χ1v) is 5.43. The predicted molar refractivity (Wildman–Crippen MR) is 58.8 cm³/mol. The summed E-state index contributed by atoms with van der Waals surface area (Å²) in [6.07, 6.45) is 5.83. The number of nitrogens with one attached hydrogen (secondary N) is 1. The Labute approximate surface area is 94.1 Å². The summed E-state index contributed by atoms with van der Waals surface area (Å²) in [4.78, 5) is 0. The van der Waals surface area contributed by atoms with Crippen molar-refractivity contribution in [1.82, 2.24) is 5.32 Å². The molecule has 0 aromatic carbocycles. The molecule has 0 saturated carbocycles. The van der Waals surface area contributed by atoms with Crippen molar-refractivity contribution < 1.29 is 9.15 Å². The molecule has 1 aromatic heterocycles. The van der Waals surface area contributed by atoms with Gasteiger partial charge in [-0.1, -0.05) is 0 Å². The number of hydrogen-bond donors (Lipinski definition) is 1. The zero-order valence-corrected chi connectivity index (χ0v) is 9.38. The second-order valence-electron chi connectivity index (χ2n) is 3.47. The first-order valence-electron chi connectivity index (χ1n) is 5.06. The molecule has 0 aliphatic carbocycles. The van der Waals surface area contributed by atoms with Gasteiger partial charge in [0.05, 0.1) is 18.9 Å². The summed E-state index contributed by atoms with van der Waals surface area (Å²) in [6.45, 7) is 0.777. The van der Waals surface area contributed by atoms with E-state index in [-0.39, 0.29) is 6.04 Å². The van der Waals surface area contributed by atoms with Gasteiger partial charge in [-0.15, -0.1) is 0 Å². The monoisotopic (exact) mass is 227 g/mol. The highest BCUT2D eigenvalue weighted by Crippen LogP contribution is 2.31. The average Bonchev–Trinajstić information content (AvgIpc) is 2.68. The average molecular weight is 228 g/mol. The molecular formula is C11H14ClNO2. The maximum absolute atomic E-state index is 5.94. The van der Waals surface area contributed by atoms with E-state index in [0.717, 1.165) is 30.8 Å². The molecule has 0 bridgehead atoms. The van der Waals surface area contributed by atoms with Crippen LogP contribution in [0, 0.1) is 0 Å². The predicted octanol–water partition coefficient (Wildman–Crippen LogP) is 2.89. The maximum atomic E-state index is 5.94. The van der Waals surface area contributed by atoms with Crippen LogP contribution in [0.15, 0.2) is 28.6 Å². The Bertz CT molecular complexity index is 359. The Morgan fingerprint density at radius 3 is 2.93 bits per heavy atom. The normalized spacial score (nSPS) is 18.1. The lowest BCUT2D eigenvalue weighted by molar-refractivity contribution is 0.169. The number of hydrogen-bond acceptors (Lipinski definition) is 3. The van der Waals surface area contributed by atoms with E-state index in [9.17, 15) is 0 Å². The third-order valence-electron chi connectivity index (χ3n) is 2.49. The lowest BCUT2D eigenvalue weighted by atomic mass is 10.1. The van der Waals surface area contributed by atoms with Crippen molar-refractivity contribution in [2.75, 3.05) is 13.7 Å². The molecule has 0 fully saturated rings. The molecule has 2 rings (SSSR count). The van der Waals surface area contributed by atoms with Crippen LogP contribution >= 0.6 is 11.6 Å². The molecule has 82 valence electrons. The highest BCUT2D eigenvalue weighted by atomic mass is 35.5. The molecular weight excluding hydrogens is 214 g/mol. The molecule has 0 amide bonds. The van der Waals surface area contributed by atoms with Crippen molar-refractivity contribution >= 4 is 11.6 Å². The fourth-order valence-corrected chi connectivity index (χ4v) is 1.96. The van der Waals surface area contributed by atoms with Gasteiger partial charge in [0.15, 0.2) is 5.22 Å². The summed E-state index contributed by atoms with van der Waals surface area (Å²) in [6, 6.07) is 1.86. The lowest BCUT2D eigenvalue weighted by Gasteiger charge is -2.22. The van der Waals surface area contributed by atoms with E-state index in [1.165, 1.54) is 0 Å². The van der Waals surface area contributed by atoms with Gasteiger partial charge in [-0.2, -0.15) is 0 Å². The van der Waals surface area contributed by atoms with E-state index in [2.05, 4.69) is 11.4 Å². The van der Waals surface area contributed by atoms with E-state index in [1.807, 2.05) is 13.1 Å². The topological polar surface area (TPSA) is 34.4 Å². The molecule has 1 unspecified atom stereocenters. The lowest BCUT2D eigenvalue weighted by Crippen LogP contribution is -2.21. The van der Waals surface area contributed by atoms with Gasteiger partial charge in [0.25, 0.3) is 0 Å². The summed E-state index contributed by atoms with van der Waals surface area (Å²) in [5.41, 5.74) is 0.923. The van der Waals surface area contributed by atoms with Gasteiger partial charge in [-0.05, 0) is 43.6 Å². The number of rotatable bonds is 3. The quantitative estimate of drug-likeness (QED) is 0.862. The van der Waals surface area contributed by atoms with Gasteiger partial charge in [0.2, 0.25) is 0 Å². The van der Waals surface area contributed by atoms with E-state index in [4.69, 9.17) is 20.8 Å². The Morgan fingerprint density at radius 1 is 1.53 bits per heavy atom. The van der Waals surface area contributed by atoms with Gasteiger partial charge in [-0.25, -0.2) is 0 Å². The molecule has 0 saturated heterocycles. The Balaban J connectivity index is 2.24. The number of allylic oxidation sites excluding steroid dienone is 1. The maximum Gasteiger partial charge on any atom is 0.198 e. The summed E-state index contributed by atoms with van der Waals surface area (Å²) >= 11 is 5.94. The van der Waals surface area contributed by atoms with Gasteiger partial charge in [0, 0.05) is 5.56 Å². The summed E-state index contributed by atoms with van der Waals surface area (Å²) in [5.74, 6) is 0.937. The first kappa shape index (κ1) is 10.6. The summed E-state index contributed by atoms with van der Waals surface area (Å²) in [7, 11) is 1.88. The zero-order chi connectivity index (χ0) is 10.7. The van der Waals surface area contributed by atoms with E-state index in [1.54, 1.807) is 6.26 Å². The van der Waals surface area contributed by atoms with Crippen molar-refractivity contribution in [2.45, 2.75) is 18.9 Å². The molecule has 0 spiro atoms. The second kappa shape index (κ2) is 4.73. The van der Waals surface area contributed by atoms with E-state index in [0.29, 0.717) is 5.22 Å². The summed E-state index contributed by atoms with van der Waals surface area (Å²) in [5, 5.41) is 3.60. The second-order valence-corrected chi connectivity index (χ2v) is 3.81. The first-order chi connectivity index (χ1) is 7.33. The Kier molecular flexibility index (Phi) is 3.34. The van der Waals surface area contributed by atoms with Crippen LogP contribution < -0.4 is 5.32 Å². The standard InChI is InChI=1S/C11H14ClNO2/c1-13-10(8-5-7-15-11(8)12)9-4-2-3-6-14-9/h4-5,7,10,13H,2-3,6H2,1H3. The molecule has 1 N–H and O–H groups in total. The molecule has 4 heteroatoms. The largest absolute Gasteiger partial charge is 0.496 e. The smallest absolute Gasteiger partial charge is 0.198 e. The highest BCUT2D eigenvalue weighted by Gasteiger charge is 2.22. The number of likely N-dealkylation sites (N-methyl/N-ethyl adjacent to an activating group) is 1. The molecule has 1 atom stereocenters. The fraction of sp³-hybridized carbons (Fsp3) is 0.455. The summed E-state index contributed by atoms with van der Waals surface area (Å²) < 4.78 is 10.7. The van der Waals surface area contributed by atoms with Crippen LogP contribution in [0.25, 0.3) is 0 Å². The van der Waals surface area contributed by atoms with Crippen LogP contribution in [0.2, 0.25) is 5.22 Å². The third kappa shape index (κ3) is 2.19. The van der Waals surface area contributed by atoms with E-state index < -0.39 is 0 Å². The molecule has 1 aliphatic heterocycles. The third-order valence-corrected chi connectivity index (χ3v) is 2.80. The molecule has 1 aromatic rings. The minimum atomic E-state index is -0.00319. The van der Waals surface area contributed by atoms with Crippen molar-refractivity contribution in [3.05, 3.63) is 34.9 Å². The minimum Gasteiger partial charge on any atom is -0.496 e. The Morgan fingerprint density at radius 2 is 2.40 bits per heavy atom. The Hall–Kier alpha value is -0.930. The van der Waals surface area contributed by atoms with Crippen LogP contribution in [0.5, 0.6) is 0 Å². The van der Waals surface area contributed by atoms with Crippen LogP contribution in [0.4, 0.5) is 0 Å². The molecule has 1 aliphatic rings. The van der Waals surface area contributed by atoms with Gasteiger partial charge in [-0.3, -0.25) is 0 Å². The van der Waals surface area contributed by atoms with Crippen molar-refractivity contribution in [3.63, 3.8) is 0 Å². The molecule has 15 heavy (non-hydrogen) atoms. The molecule has 0 radical (unpaired) electrons. The number of ether oxygens (including phenoxy) is 1. The molecule has 2 heterocycles. The number of furan rings is 1. The van der Waals surface area contributed by atoms with Crippen LogP contribution in [0.3, 0.4) is 0 Å². The van der Waals surface area contributed by atoms with Gasteiger partial charge in [0.1, 0.15) is 5.76 Å². The van der Waals surface area contributed by atoms with Crippen molar-refractivity contribution in [3.8, 4) is 0 Å². The van der Waals surface area contributed by atoms with Crippen LogP contribution in [0.1, 0.15) is 24.4 Å². The van der Waals surface area contributed by atoms with Crippen molar-refractivity contribution in [2.24, 2.45) is 0 Å². The van der Waals surface area contributed by atoms with Crippen molar-refractivity contribution in [1.29, 1.82) is 0 Å². The van der Waals surface area contributed by atoms with Crippen LogP contribution in [-0.4, -0.2) is 13.7 Å². The zero-order valence-electron chi connectivity index (χ0n) is 8.63. The van der Waals surface area contributed by atoms with E-state index >= 15 is 0 Å². The molecule has 3 nitrogen and oxygen atoms in total. The number of halogens is 1. The SMILES string of the molecule is CNC(C1=CCCCO1)c1ccoc1Cl. The fourth-order valence-electron chi connectivity index (χ4n) is 1.74. The van der Waals surface area contributed by atoms with Gasteiger partial charge < -0.3 is 14.5 Å². The van der Waals surface area contributed by atoms with Crippen LogP contribution in [-0.2, 0) is 4.74 Å². The van der Waals surface area contributed by atoms with Gasteiger partial charge >= 0.3 is 0 Å².